The van der Waals surface area contributed by atoms with E-state index in [0.717, 1.165) is 44.4 Å². The van der Waals surface area contributed by atoms with Gasteiger partial charge in [0.2, 0.25) is 0 Å². The Bertz CT molecular complexity index is 2050. The molecule has 0 fully saturated rings. The fourth-order valence-corrected chi connectivity index (χ4v) is 5.72. The van der Waals surface area contributed by atoms with Gasteiger partial charge in [-0.3, -0.25) is 4.79 Å². The second kappa shape index (κ2) is 11.5. The minimum Gasteiger partial charge on any atom is -0.488 e. The van der Waals surface area contributed by atoms with Crippen molar-refractivity contribution in [2.75, 3.05) is 5.01 Å². The Morgan fingerprint density at radius 2 is 1.36 bits per heavy atom. The summed E-state index contributed by atoms with van der Waals surface area (Å²) in [7, 11) is 0. The van der Waals surface area contributed by atoms with Crippen molar-refractivity contribution in [2.24, 2.45) is 5.10 Å². The van der Waals surface area contributed by atoms with Crippen LogP contribution in [0.1, 0.15) is 29.3 Å². The first kappa shape index (κ1) is 27.1. The molecular formula is C38H30N4O2. The van der Waals surface area contributed by atoms with E-state index in [2.05, 4.69) is 18.2 Å². The van der Waals surface area contributed by atoms with Gasteiger partial charge in [0.15, 0.2) is 0 Å². The van der Waals surface area contributed by atoms with Crippen LogP contribution in [-0.4, -0.2) is 21.4 Å². The number of hydrogen-bond acceptors (Lipinski definition) is 4. The molecule has 0 aliphatic carbocycles. The normalized spacial score (nSPS) is 14.2. The molecule has 214 valence electrons. The van der Waals surface area contributed by atoms with Gasteiger partial charge in [-0.05, 0) is 60.5 Å². The average molecular weight is 575 g/mol. The Hall–Kier alpha value is -5.75. The third-order valence-electron chi connectivity index (χ3n) is 7.84. The predicted octanol–water partition coefficient (Wildman–Crippen LogP) is 8.14. The number of ether oxygens (including phenoxy) is 1. The second-order valence-corrected chi connectivity index (χ2v) is 10.7. The van der Waals surface area contributed by atoms with Crippen LogP contribution in [0.5, 0.6) is 5.75 Å². The van der Waals surface area contributed by atoms with Crippen molar-refractivity contribution in [1.29, 1.82) is 0 Å². The van der Waals surface area contributed by atoms with Crippen LogP contribution >= 0.6 is 0 Å². The number of anilines is 1. The van der Waals surface area contributed by atoms with Crippen LogP contribution in [0.2, 0.25) is 0 Å². The molecular weight excluding hydrogens is 544 g/mol. The summed E-state index contributed by atoms with van der Waals surface area (Å²) in [6.45, 7) is 4.25. The van der Waals surface area contributed by atoms with Gasteiger partial charge in [-0.1, -0.05) is 97.1 Å². The Morgan fingerprint density at radius 1 is 0.727 bits per heavy atom. The highest BCUT2D eigenvalue weighted by Gasteiger charge is 2.35. The largest absolute Gasteiger partial charge is 0.488 e. The highest BCUT2D eigenvalue weighted by molar-refractivity contribution is 6.35. The number of rotatable bonds is 7. The van der Waals surface area contributed by atoms with Crippen molar-refractivity contribution < 1.29 is 9.53 Å². The molecule has 2 heterocycles. The molecule has 0 N–H and O–H groups in total. The molecule has 44 heavy (non-hydrogen) atoms. The van der Waals surface area contributed by atoms with Gasteiger partial charge in [0.1, 0.15) is 12.4 Å². The number of para-hydroxylation sites is 2. The number of amides is 1. The summed E-state index contributed by atoms with van der Waals surface area (Å²) in [6, 6.07) is 41.9. The zero-order valence-electron chi connectivity index (χ0n) is 24.5. The molecule has 0 spiro atoms. The van der Waals surface area contributed by atoms with E-state index in [1.54, 1.807) is 0 Å². The first-order valence-electron chi connectivity index (χ1n) is 14.6. The van der Waals surface area contributed by atoms with E-state index >= 15 is 0 Å². The molecule has 0 atom stereocenters. The summed E-state index contributed by atoms with van der Waals surface area (Å²) < 4.78 is 8.44. The minimum atomic E-state index is -0.197. The van der Waals surface area contributed by atoms with Crippen LogP contribution < -0.4 is 9.75 Å². The lowest BCUT2D eigenvalue weighted by atomic mass is 9.87. The van der Waals surface area contributed by atoms with E-state index in [0.29, 0.717) is 29.3 Å². The number of carbonyl (C=O) groups excluding carboxylic acids is 1. The Labute approximate surface area is 256 Å². The molecule has 7 rings (SSSR count). The maximum atomic E-state index is 14.4. The Kier molecular flexibility index (Phi) is 7.08. The van der Waals surface area contributed by atoms with Crippen molar-refractivity contribution in [2.45, 2.75) is 20.5 Å². The van der Waals surface area contributed by atoms with Gasteiger partial charge in [-0.15, -0.1) is 0 Å². The van der Waals surface area contributed by atoms with E-state index in [1.807, 2.05) is 134 Å². The number of fused-ring (bicyclic) bond motifs is 1. The smallest absolute Gasteiger partial charge is 0.281 e. The number of hydrazone groups is 1. The number of carbonyl (C=O) groups is 1. The van der Waals surface area contributed by atoms with Crippen LogP contribution in [-0.2, 0) is 11.4 Å². The maximum absolute atomic E-state index is 14.4. The van der Waals surface area contributed by atoms with E-state index in [4.69, 9.17) is 14.9 Å². The van der Waals surface area contributed by atoms with Gasteiger partial charge in [-0.2, -0.15) is 15.2 Å². The third-order valence-corrected chi connectivity index (χ3v) is 7.84. The summed E-state index contributed by atoms with van der Waals surface area (Å²) in [5.41, 5.74) is 7.04. The first-order valence-corrected chi connectivity index (χ1v) is 14.6. The lowest BCUT2D eigenvalue weighted by Gasteiger charge is -2.19. The number of aromatic nitrogens is 2. The highest BCUT2D eigenvalue weighted by Crippen LogP contribution is 2.42. The monoisotopic (exact) mass is 574 g/mol. The molecule has 0 saturated carbocycles. The van der Waals surface area contributed by atoms with Gasteiger partial charge >= 0.3 is 0 Å². The molecule has 0 unspecified atom stereocenters. The summed E-state index contributed by atoms with van der Waals surface area (Å²) in [5.74, 6) is 0.484. The van der Waals surface area contributed by atoms with Gasteiger partial charge in [0.05, 0.1) is 28.4 Å². The minimum absolute atomic E-state index is 0.197. The quantitative estimate of drug-likeness (QED) is 0.181. The van der Waals surface area contributed by atoms with Crippen LogP contribution in [0.25, 0.3) is 22.0 Å². The molecule has 1 aromatic heterocycles. The Balaban J connectivity index is 1.49. The van der Waals surface area contributed by atoms with Gasteiger partial charge in [0.25, 0.3) is 5.91 Å². The molecule has 1 aliphatic rings. The number of benzene rings is 5. The second-order valence-electron chi connectivity index (χ2n) is 10.7. The highest BCUT2D eigenvalue weighted by atomic mass is 16.5. The van der Waals surface area contributed by atoms with Crippen LogP contribution in [0.4, 0.5) is 5.69 Å². The van der Waals surface area contributed by atoms with Gasteiger partial charge in [0, 0.05) is 22.9 Å². The van der Waals surface area contributed by atoms with Gasteiger partial charge in [-0.25, -0.2) is 4.68 Å². The zero-order valence-corrected chi connectivity index (χ0v) is 24.5. The van der Waals surface area contributed by atoms with Crippen LogP contribution in [0.3, 0.4) is 0 Å². The summed E-state index contributed by atoms with van der Waals surface area (Å²) in [6.07, 6.45) is 2.00. The molecule has 6 nitrogen and oxygen atoms in total. The molecule has 5 aromatic carbocycles. The van der Waals surface area contributed by atoms with Crippen molar-refractivity contribution in [3.8, 4) is 11.4 Å². The average Bonchev–Trinajstić information content (AvgIpc) is 3.60. The Morgan fingerprint density at radius 3 is 2.09 bits per heavy atom. The molecule has 6 aromatic rings. The molecule has 1 amide bonds. The van der Waals surface area contributed by atoms with E-state index in [1.165, 1.54) is 5.01 Å². The fourth-order valence-electron chi connectivity index (χ4n) is 5.72. The lowest BCUT2D eigenvalue weighted by Crippen LogP contribution is -2.22. The van der Waals surface area contributed by atoms with Crippen molar-refractivity contribution in [3.63, 3.8) is 0 Å². The maximum Gasteiger partial charge on any atom is 0.281 e. The topological polar surface area (TPSA) is 59.7 Å². The predicted molar refractivity (Wildman–Crippen MR) is 176 cm³/mol. The molecule has 1 aliphatic heterocycles. The number of nitrogens with zero attached hydrogens (tertiary/aromatic N) is 4. The van der Waals surface area contributed by atoms with Crippen LogP contribution in [0, 0.1) is 6.92 Å². The summed E-state index contributed by atoms with van der Waals surface area (Å²) >= 11 is 0. The van der Waals surface area contributed by atoms with Crippen molar-refractivity contribution >= 4 is 33.7 Å². The fraction of sp³-hybridized carbons (Fsp3) is 0.0789. The van der Waals surface area contributed by atoms with E-state index in [9.17, 15) is 4.79 Å². The number of hydrogen-bond donors (Lipinski definition) is 0. The lowest BCUT2D eigenvalue weighted by molar-refractivity contribution is -0.114. The van der Waals surface area contributed by atoms with Crippen molar-refractivity contribution in [3.05, 3.63) is 162 Å². The first-order chi connectivity index (χ1) is 21.6. The van der Waals surface area contributed by atoms with Crippen LogP contribution in [0.15, 0.2) is 144 Å². The van der Waals surface area contributed by atoms with E-state index < -0.39 is 0 Å². The van der Waals surface area contributed by atoms with Crippen molar-refractivity contribution in [1.82, 2.24) is 9.78 Å². The third kappa shape index (κ3) is 4.96. The molecule has 0 saturated heterocycles. The zero-order chi connectivity index (χ0) is 30.0. The van der Waals surface area contributed by atoms with E-state index in [-0.39, 0.29) is 5.91 Å². The standard InChI is InChI=1S/C38H30N4O2/c1-26-33(24-41(39-26)30-17-8-4-9-18-30)37(35-27(2)40-42(38(35)43)31-19-10-5-11-20-31)36-32-21-13-12-16-29(32)22-23-34(36)44-25-28-14-6-3-7-15-28/h3-24H,25H2,1-2H3/b37-35+. The van der Waals surface area contributed by atoms with Gasteiger partial charge < -0.3 is 4.74 Å². The number of aryl methyl sites for hydroxylation is 1. The summed E-state index contributed by atoms with van der Waals surface area (Å²) in [4.78, 5) is 14.4. The molecule has 0 radical (unpaired) electrons. The SMILES string of the molecule is CC1=NN(c2ccccc2)C(=O)/C1=C(\c1cn(-c2ccccc2)nc1C)c1c(OCc2ccccc2)ccc2ccccc12. The molecule has 6 heteroatoms. The summed E-state index contributed by atoms with van der Waals surface area (Å²) in [5, 5.41) is 13.2. The molecule has 0 bridgehead atoms.